The van der Waals surface area contributed by atoms with Crippen LogP contribution in [0.5, 0.6) is 0 Å². The molecule has 0 unspecified atom stereocenters. The lowest BCUT2D eigenvalue weighted by molar-refractivity contribution is 1.12. The molecule has 1 aromatic carbocycles. The fourth-order valence-electron chi connectivity index (χ4n) is 1.59. The highest BCUT2D eigenvalue weighted by Gasteiger charge is 2.10. The van der Waals surface area contributed by atoms with Gasteiger partial charge in [-0.2, -0.15) is 5.26 Å². The molecule has 0 bridgehead atoms. The fraction of sp³-hybridized carbons (Fsp3) is 0.0769. The van der Waals surface area contributed by atoms with Gasteiger partial charge in [0.1, 0.15) is 0 Å². The minimum Gasteiger partial charge on any atom is -0.397 e. The van der Waals surface area contributed by atoms with Crippen molar-refractivity contribution < 1.29 is 0 Å². The third-order valence-electron chi connectivity index (χ3n) is 2.54. The molecule has 0 amide bonds. The molecule has 0 fully saturated rings. The monoisotopic (exact) mass is 311 g/mol. The number of pyridine rings is 1. The van der Waals surface area contributed by atoms with Crippen LogP contribution in [-0.2, 0) is 6.42 Å². The number of nitrogens with zero attached hydrogens (tertiary/aromatic N) is 2. The second-order valence-electron chi connectivity index (χ2n) is 3.82. The maximum absolute atomic E-state index is 8.72. The van der Waals surface area contributed by atoms with E-state index in [0.717, 1.165) is 5.56 Å². The van der Waals surface area contributed by atoms with E-state index in [2.05, 4.69) is 4.98 Å². The van der Waals surface area contributed by atoms with E-state index in [0.29, 0.717) is 32.1 Å². The second-order valence-corrected chi connectivity index (χ2v) is 5.01. The zero-order valence-corrected chi connectivity index (χ0v) is 11.9. The van der Waals surface area contributed by atoms with Crippen LogP contribution in [0.2, 0.25) is 15.1 Å². The summed E-state index contributed by atoms with van der Waals surface area (Å²) in [7, 11) is 0. The highest BCUT2D eigenvalue weighted by atomic mass is 35.5. The van der Waals surface area contributed by atoms with Crippen molar-refractivity contribution in [3.63, 3.8) is 0 Å². The first-order chi connectivity index (χ1) is 9.02. The zero-order chi connectivity index (χ0) is 14.0. The highest BCUT2D eigenvalue weighted by molar-refractivity contribution is 6.48. The Hall–Kier alpha value is -1.47. The Morgan fingerprint density at radius 1 is 1.16 bits per heavy atom. The molecule has 2 N–H and O–H groups in total. The molecule has 1 heterocycles. The van der Waals surface area contributed by atoms with Gasteiger partial charge in [0, 0.05) is 5.56 Å². The van der Waals surface area contributed by atoms with E-state index in [1.54, 1.807) is 24.3 Å². The van der Waals surface area contributed by atoms with E-state index < -0.39 is 0 Å². The van der Waals surface area contributed by atoms with E-state index >= 15 is 0 Å². The summed E-state index contributed by atoms with van der Waals surface area (Å²) in [6, 6.07) is 8.80. The Kier molecular flexibility index (Phi) is 4.16. The Bertz CT molecular complexity index is 654. The number of anilines is 1. The molecule has 2 rings (SSSR count). The average molecular weight is 313 g/mol. The molecule has 0 spiro atoms. The summed E-state index contributed by atoms with van der Waals surface area (Å²) in [6.45, 7) is 0. The number of benzene rings is 1. The maximum atomic E-state index is 8.72. The normalized spacial score (nSPS) is 10.2. The molecule has 0 aliphatic carbocycles. The van der Waals surface area contributed by atoms with Gasteiger partial charge in [-0.3, -0.25) is 0 Å². The van der Waals surface area contributed by atoms with Crippen molar-refractivity contribution in [1.82, 2.24) is 4.98 Å². The number of halogens is 3. The molecule has 96 valence electrons. The molecule has 3 nitrogen and oxygen atoms in total. The largest absolute Gasteiger partial charge is 0.397 e. The molecule has 6 heteroatoms. The van der Waals surface area contributed by atoms with Gasteiger partial charge in [-0.05, 0) is 24.3 Å². The van der Waals surface area contributed by atoms with Crippen molar-refractivity contribution in [2.24, 2.45) is 0 Å². The van der Waals surface area contributed by atoms with Crippen LogP contribution in [0.4, 0.5) is 5.69 Å². The van der Waals surface area contributed by atoms with E-state index in [-0.39, 0.29) is 6.42 Å². The van der Waals surface area contributed by atoms with Crippen LogP contribution in [0.1, 0.15) is 5.69 Å². The predicted octanol–water partition coefficient (Wildman–Crippen LogP) is 4.36. The van der Waals surface area contributed by atoms with Crippen LogP contribution < -0.4 is 5.73 Å². The van der Waals surface area contributed by atoms with Gasteiger partial charge in [0.15, 0.2) is 0 Å². The van der Waals surface area contributed by atoms with Crippen LogP contribution in [0.15, 0.2) is 24.3 Å². The van der Waals surface area contributed by atoms with Gasteiger partial charge in [0.05, 0.1) is 44.6 Å². The highest BCUT2D eigenvalue weighted by Crippen LogP contribution is 2.34. The summed E-state index contributed by atoms with van der Waals surface area (Å²) in [5.41, 5.74) is 8.12. The van der Waals surface area contributed by atoms with Crippen molar-refractivity contribution in [2.75, 3.05) is 5.73 Å². The SMILES string of the molecule is N#CCc1nc(-c2cc(Cl)c(Cl)c(Cl)c2)ccc1N. The summed E-state index contributed by atoms with van der Waals surface area (Å²) in [4.78, 5) is 4.34. The molecular formula is C13H8Cl3N3. The number of aromatic nitrogens is 1. The molecule has 0 atom stereocenters. The first-order valence-corrected chi connectivity index (χ1v) is 6.43. The zero-order valence-electron chi connectivity index (χ0n) is 9.62. The van der Waals surface area contributed by atoms with Crippen LogP contribution in [0, 0.1) is 11.3 Å². The van der Waals surface area contributed by atoms with Gasteiger partial charge in [0.2, 0.25) is 0 Å². The van der Waals surface area contributed by atoms with Gasteiger partial charge in [-0.1, -0.05) is 34.8 Å². The topological polar surface area (TPSA) is 62.7 Å². The molecule has 0 saturated carbocycles. The van der Waals surface area contributed by atoms with Crippen LogP contribution in [-0.4, -0.2) is 4.98 Å². The summed E-state index contributed by atoms with van der Waals surface area (Å²) in [5, 5.41) is 9.73. The first kappa shape index (κ1) is 14.0. The van der Waals surface area contributed by atoms with Gasteiger partial charge < -0.3 is 5.73 Å². The van der Waals surface area contributed by atoms with Crippen LogP contribution >= 0.6 is 34.8 Å². The third kappa shape index (κ3) is 2.93. The van der Waals surface area contributed by atoms with Crippen LogP contribution in [0.3, 0.4) is 0 Å². The lowest BCUT2D eigenvalue weighted by Gasteiger charge is -2.07. The lowest BCUT2D eigenvalue weighted by Crippen LogP contribution is -1.98. The Morgan fingerprint density at radius 3 is 2.37 bits per heavy atom. The van der Waals surface area contributed by atoms with Gasteiger partial charge in [-0.25, -0.2) is 4.98 Å². The average Bonchev–Trinajstić information content (AvgIpc) is 2.38. The van der Waals surface area contributed by atoms with E-state index in [4.69, 9.17) is 45.8 Å². The van der Waals surface area contributed by atoms with Crippen LogP contribution in [0.25, 0.3) is 11.3 Å². The Labute approximate surface area is 125 Å². The quantitative estimate of drug-likeness (QED) is 0.838. The van der Waals surface area contributed by atoms with E-state index in [1.165, 1.54) is 0 Å². The summed E-state index contributed by atoms with van der Waals surface area (Å²) < 4.78 is 0. The molecular weight excluding hydrogens is 305 g/mol. The van der Waals surface area contributed by atoms with E-state index in [1.807, 2.05) is 6.07 Å². The molecule has 0 radical (unpaired) electrons. The molecule has 0 aliphatic rings. The van der Waals surface area contributed by atoms with Gasteiger partial charge in [-0.15, -0.1) is 0 Å². The smallest absolute Gasteiger partial charge is 0.0795 e. The minimum atomic E-state index is 0.148. The van der Waals surface area contributed by atoms with Gasteiger partial charge >= 0.3 is 0 Å². The maximum Gasteiger partial charge on any atom is 0.0795 e. The van der Waals surface area contributed by atoms with Gasteiger partial charge in [0.25, 0.3) is 0 Å². The van der Waals surface area contributed by atoms with Crippen molar-refractivity contribution in [1.29, 1.82) is 5.26 Å². The van der Waals surface area contributed by atoms with Crippen molar-refractivity contribution in [2.45, 2.75) is 6.42 Å². The minimum absolute atomic E-state index is 0.148. The molecule has 0 saturated heterocycles. The molecule has 0 aliphatic heterocycles. The number of rotatable bonds is 2. The standard InChI is InChI=1S/C13H8Cl3N3/c14-8-5-7(6-9(15)13(8)16)11-2-1-10(18)12(19-11)3-4-17/h1-2,5-6H,3,18H2. The Balaban J connectivity index is 2.54. The van der Waals surface area contributed by atoms with Crippen molar-refractivity contribution >= 4 is 40.5 Å². The lowest BCUT2D eigenvalue weighted by atomic mass is 10.1. The summed E-state index contributed by atoms with van der Waals surface area (Å²) >= 11 is 17.9. The van der Waals surface area contributed by atoms with Crippen molar-refractivity contribution in [3.05, 3.63) is 45.0 Å². The molecule has 1 aromatic heterocycles. The number of hydrogen-bond donors (Lipinski definition) is 1. The number of nitrogens with two attached hydrogens (primary N) is 1. The number of nitrogen functional groups attached to an aromatic ring is 1. The van der Waals surface area contributed by atoms with Crippen molar-refractivity contribution in [3.8, 4) is 17.3 Å². The Morgan fingerprint density at radius 2 is 1.79 bits per heavy atom. The number of nitriles is 1. The summed E-state index contributed by atoms with van der Waals surface area (Å²) in [6.07, 6.45) is 0.148. The predicted molar refractivity (Wildman–Crippen MR) is 78.4 cm³/mol. The number of hydrogen-bond acceptors (Lipinski definition) is 3. The summed E-state index contributed by atoms with van der Waals surface area (Å²) in [5.74, 6) is 0. The van der Waals surface area contributed by atoms with E-state index in [9.17, 15) is 0 Å². The first-order valence-electron chi connectivity index (χ1n) is 5.30. The fourth-order valence-corrected chi connectivity index (χ4v) is 2.19. The molecule has 19 heavy (non-hydrogen) atoms. The second kappa shape index (κ2) is 5.66. The molecule has 2 aromatic rings. The third-order valence-corrected chi connectivity index (χ3v) is 3.73.